The second-order valence-electron chi connectivity index (χ2n) is 9.38. The molecule has 0 spiro atoms. The van der Waals surface area contributed by atoms with Crippen LogP contribution in [0, 0.1) is 17.0 Å². The minimum Gasteiger partial charge on any atom is -0.493 e. The van der Waals surface area contributed by atoms with Gasteiger partial charge < -0.3 is 18.6 Å². The number of methoxy groups -OCH3 is 2. The van der Waals surface area contributed by atoms with Gasteiger partial charge in [-0.2, -0.15) is 0 Å². The van der Waals surface area contributed by atoms with E-state index in [9.17, 15) is 19.7 Å². The molecule has 0 aliphatic carbocycles. The van der Waals surface area contributed by atoms with Crippen LogP contribution in [0.15, 0.2) is 74.0 Å². The van der Waals surface area contributed by atoms with Gasteiger partial charge in [0.1, 0.15) is 11.5 Å². The zero-order valence-electron chi connectivity index (χ0n) is 23.5. The fourth-order valence-electron chi connectivity index (χ4n) is 4.82. The summed E-state index contributed by atoms with van der Waals surface area (Å²) in [5.74, 6) is 1.18. The third kappa shape index (κ3) is 5.12. The van der Waals surface area contributed by atoms with Gasteiger partial charge in [0.25, 0.3) is 11.2 Å². The minimum absolute atomic E-state index is 0.0511. The van der Waals surface area contributed by atoms with Crippen LogP contribution in [-0.4, -0.2) is 36.3 Å². The van der Waals surface area contributed by atoms with Crippen LogP contribution in [0.4, 0.5) is 5.69 Å². The number of aromatic nitrogens is 1. The fraction of sp³-hybridized carbons (Fsp3) is 0.233. The van der Waals surface area contributed by atoms with Gasteiger partial charge in [-0.25, -0.2) is 9.79 Å². The van der Waals surface area contributed by atoms with E-state index in [2.05, 4.69) is 4.99 Å². The van der Waals surface area contributed by atoms with E-state index in [0.717, 1.165) is 16.9 Å². The van der Waals surface area contributed by atoms with Gasteiger partial charge >= 0.3 is 5.97 Å². The molecule has 1 atom stereocenters. The van der Waals surface area contributed by atoms with Gasteiger partial charge in [-0.1, -0.05) is 23.5 Å². The van der Waals surface area contributed by atoms with Crippen molar-refractivity contribution in [2.75, 3.05) is 20.8 Å². The van der Waals surface area contributed by atoms with E-state index >= 15 is 0 Å². The fourth-order valence-corrected chi connectivity index (χ4v) is 5.85. The number of furan rings is 1. The number of rotatable bonds is 8. The van der Waals surface area contributed by atoms with Crippen LogP contribution in [-0.2, 0) is 9.53 Å². The average molecular weight is 590 g/mol. The van der Waals surface area contributed by atoms with Crippen molar-refractivity contribution in [1.82, 2.24) is 4.57 Å². The number of carbonyl (C=O) groups excluding carboxylic acids is 1. The quantitative estimate of drug-likeness (QED) is 0.169. The first-order chi connectivity index (χ1) is 20.2. The molecular weight excluding hydrogens is 562 g/mol. The third-order valence-electron chi connectivity index (χ3n) is 6.84. The Labute approximate surface area is 243 Å². The highest BCUT2D eigenvalue weighted by atomic mass is 32.1. The minimum atomic E-state index is -0.832. The molecule has 5 rings (SSSR count). The molecule has 0 fully saturated rings. The molecule has 1 unspecified atom stereocenters. The van der Waals surface area contributed by atoms with Crippen LogP contribution in [0.5, 0.6) is 11.5 Å². The summed E-state index contributed by atoms with van der Waals surface area (Å²) in [6.45, 7) is 5.40. The molecule has 0 radical (unpaired) electrons. The highest BCUT2D eigenvalue weighted by Gasteiger charge is 2.34. The van der Waals surface area contributed by atoms with Crippen molar-refractivity contribution in [3.05, 3.63) is 106 Å². The molecule has 0 bridgehead atoms. The molecule has 0 N–H and O–H groups in total. The van der Waals surface area contributed by atoms with E-state index in [-0.39, 0.29) is 23.4 Å². The molecule has 2 aromatic heterocycles. The largest absolute Gasteiger partial charge is 0.493 e. The Morgan fingerprint density at radius 2 is 1.88 bits per heavy atom. The summed E-state index contributed by atoms with van der Waals surface area (Å²) in [7, 11) is 3.03. The van der Waals surface area contributed by atoms with Crippen LogP contribution >= 0.6 is 11.3 Å². The normalized spacial score (nSPS) is 14.8. The number of esters is 1. The smallest absolute Gasteiger partial charge is 0.338 e. The highest BCUT2D eigenvalue weighted by molar-refractivity contribution is 7.07. The first kappa shape index (κ1) is 28.6. The predicted molar refractivity (Wildman–Crippen MR) is 155 cm³/mol. The monoisotopic (exact) mass is 589 g/mol. The molecular formula is C30H27N3O8S. The van der Waals surface area contributed by atoms with Crippen LogP contribution in [0.1, 0.15) is 36.8 Å². The van der Waals surface area contributed by atoms with Crippen molar-refractivity contribution in [3.63, 3.8) is 0 Å². The molecule has 2 aromatic carbocycles. The van der Waals surface area contributed by atoms with Crippen molar-refractivity contribution in [2.24, 2.45) is 4.99 Å². The summed E-state index contributed by atoms with van der Waals surface area (Å²) < 4.78 is 24.0. The highest BCUT2D eigenvalue weighted by Crippen LogP contribution is 2.36. The molecule has 1 aliphatic rings. The summed E-state index contributed by atoms with van der Waals surface area (Å²) in [4.78, 5) is 42.8. The Bertz CT molecular complexity index is 1930. The van der Waals surface area contributed by atoms with Gasteiger partial charge in [0.05, 0.1) is 47.6 Å². The zero-order valence-corrected chi connectivity index (χ0v) is 24.3. The maximum absolute atomic E-state index is 13.9. The van der Waals surface area contributed by atoms with E-state index in [1.807, 2.05) is 6.92 Å². The Morgan fingerprint density at radius 1 is 1.12 bits per heavy atom. The van der Waals surface area contributed by atoms with Crippen molar-refractivity contribution in [3.8, 4) is 22.8 Å². The van der Waals surface area contributed by atoms with Crippen LogP contribution in [0.25, 0.3) is 17.4 Å². The molecule has 42 heavy (non-hydrogen) atoms. The summed E-state index contributed by atoms with van der Waals surface area (Å²) in [5, 5.41) is 11.3. The van der Waals surface area contributed by atoms with Crippen LogP contribution < -0.4 is 24.4 Å². The summed E-state index contributed by atoms with van der Waals surface area (Å²) >= 11 is 1.15. The number of hydrogen-bond acceptors (Lipinski definition) is 10. The molecule has 11 nitrogen and oxygen atoms in total. The molecule has 216 valence electrons. The molecule has 3 heterocycles. The van der Waals surface area contributed by atoms with Gasteiger partial charge in [-0.15, -0.1) is 0 Å². The van der Waals surface area contributed by atoms with Crippen molar-refractivity contribution in [1.29, 1.82) is 0 Å². The zero-order chi connectivity index (χ0) is 30.1. The van der Waals surface area contributed by atoms with Gasteiger partial charge in [0.2, 0.25) is 0 Å². The summed E-state index contributed by atoms with van der Waals surface area (Å²) in [6.07, 6.45) is 1.59. The lowest BCUT2D eigenvalue weighted by Gasteiger charge is -2.25. The lowest BCUT2D eigenvalue weighted by molar-refractivity contribution is -0.384. The average Bonchev–Trinajstić information content (AvgIpc) is 3.56. The standard InChI is InChI=1S/C30H27N3O8S/c1-6-40-29(35)26-17(3)31-30-32(27(26)18-8-11-23(38-4)24(13-18)39-5)28(34)25(42-30)15-20-10-12-22(41-20)21-14-19(33(36)37)9-7-16(21)2/h7-15,27H,6H2,1-5H3/b25-15+. The number of benzene rings is 2. The maximum Gasteiger partial charge on any atom is 0.338 e. The van der Waals surface area contributed by atoms with Crippen LogP contribution in [0.2, 0.25) is 0 Å². The van der Waals surface area contributed by atoms with Crippen molar-refractivity contribution >= 4 is 29.1 Å². The Balaban J connectivity index is 1.65. The number of nitrogens with zero attached hydrogens (tertiary/aromatic N) is 3. The first-order valence-electron chi connectivity index (χ1n) is 12.9. The number of thiazole rings is 1. The Morgan fingerprint density at radius 3 is 2.57 bits per heavy atom. The lowest BCUT2D eigenvalue weighted by Crippen LogP contribution is -2.39. The Kier molecular flexibility index (Phi) is 7.81. The number of carbonyl (C=O) groups is 1. The number of allylic oxidation sites excluding steroid dienone is 1. The van der Waals surface area contributed by atoms with Gasteiger partial charge in [-0.05, 0) is 56.2 Å². The SMILES string of the molecule is CCOC(=O)C1=C(C)N=c2s/c(=C/c3ccc(-c4cc([N+](=O)[O-])ccc4C)o3)c(=O)n2C1c1ccc(OC)c(OC)c1. The predicted octanol–water partition coefficient (Wildman–Crippen LogP) is 4.29. The number of aryl methyl sites for hydroxylation is 1. The van der Waals surface area contributed by atoms with Gasteiger partial charge in [0.15, 0.2) is 16.3 Å². The van der Waals surface area contributed by atoms with E-state index < -0.39 is 16.9 Å². The number of hydrogen-bond donors (Lipinski definition) is 0. The lowest BCUT2D eigenvalue weighted by atomic mass is 9.95. The summed E-state index contributed by atoms with van der Waals surface area (Å²) in [6, 6.07) is 12.3. The van der Waals surface area contributed by atoms with Crippen LogP contribution in [0.3, 0.4) is 0 Å². The maximum atomic E-state index is 13.9. The molecule has 0 saturated carbocycles. The van der Waals surface area contributed by atoms with Crippen molar-refractivity contribution < 1.29 is 28.3 Å². The van der Waals surface area contributed by atoms with E-state index in [1.54, 1.807) is 56.3 Å². The number of ether oxygens (including phenoxy) is 3. The number of fused-ring (bicyclic) bond motifs is 1. The molecule has 1 aliphatic heterocycles. The molecule has 12 heteroatoms. The second kappa shape index (κ2) is 11.5. The van der Waals surface area contributed by atoms with E-state index in [4.69, 9.17) is 18.6 Å². The third-order valence-corrected chi connectivity index (χ3v) is 7.82. The Hall–Kier alpha value is -4.97. The second-order valence-corrected chi connectivity index (χ2v) is 10.4. The topological polar surface area (TPSA) is 135 Å². The molecule has 0 amide bonds. The van der Waals surface area contributed by atoms with Gasteiger partial charge in [0, 0.05) is 23.8 Å². The molecule has 0 saturated heterocycles. The number of non-ortho nitro benzene ring substituents is 1. The van der Waals surface area contributed by atoms with E-state index in [1.165, 1.54) is 30.9 Å². The molecule has 4 aromatic rings. The van der Waals surface area contributed by atoms with Gasteiger partial charge in [-0.3, -0.25) is 19.5 Å². The van der Waals surface area contributed by atoms with Crippen molar-refractivity contribution in [2.45, 2.75) is 26.8 Å². The summed E-state index contributed by atoms with van der Waals surface area (Å²) in [5.41, 5.74) is 2.24. The number of nitro benzene ring substituents is 1. The first-order valence-corrected chi connectivity index (χ1v) is 13.7. The number of nitro groups is 1. The van der Waals surface area contributed by atoms with E-state index in [0.29, 0.717) is 49.2 Å².